The Balaban J connectivity index is 1.42. The molecule has 1 N–H and O–H groups in total. The van der Waals surface area contributed by atoms with Crippen LogP contribution in [-0.4, -0.2) is 38.0 Å². The van der Waals surface area contributed by atoms with Gasteiger partial charge in [0.15, 0.2) is 51.7 Å². The number of nitrogens with zero attached hydrogens (tertiary/aromatic N) is 4. The van der Waals surface area contributed by atoms with Crippen LogP contribution in [0.2, 0.25) is 0 Å². The van der Waals surface area contributed by atoms with Gasteiger partial charge in [0.05, 0.1) is 15.3 Å². The average Bonchev–Trinajstić information content (AvgIpc) is 3.78. The smallest absolute Gasteiger partial charge is 0.200 e. The van der Waals surface area contributed by atoms with Crippen LogP contribution in [0.1, 0.15) is 66.0 Å². The van der Waals surface area contributed by atoms with Crippen LogP contribution >= 0.6 is 11.3 Å². The van der Waals surface area contributed by atoms with Gasteiger partial charge in [0.25, 0.3) is 0 Å². The standard InChI is InChI=1S/C46H39F5N4O5S/c1-3-4-18-55(19-8-9-20-56)31-14-12-29(34(23-31)59-27-28-10-6-5-7-11-28)13-16-35-44-45(58-22-21-57-44)36(61-35)17-15-33-32(26-54)43(30(24-52)25-53)60-46(33,2)37-38(47)40(49)42(51)41(50)39(37)48/h5-7,10-17,23,56H,3-4,8-9,18-22,27H2,1-2H3/b16-13+,17-15+. The van der Waals surface area contributed by atoms with Crippen LogP contribution in [0.4, 0.5) is 27.6 Å². The molecule has 0 spiro atoms. The van der Waals surface area contributed by atoms with E-state index in [-0.39, 0.29) is 19.8 Å². The Kier molecular flexibility index (Phi) is 14.2. The highest BCUT2D eigenvalue weighted by molar-refractivity contribution is 7.14. The minimum absolute atomic E-state index is 0.115. The van der Waals surface area contributed by atoms with Gasteiger partial charge in [0.1, 0.15) is 49.4 Å². The second kappa shape index (κ2) is 19.6. The van der Waals surface area contributed by atoms with Crippen LogP contribution in [0.5, 0.6) is 17.2 Å². The maximum Gasteiger partial charge on any atom is 0.200 e. The number of hydrogen-bond donors (Lipinski definition) is 1. The lowest BCUT2D eigenvalue weighted by Crippen LogP contribution is -2.28. The number of ether oxygens (including phenoxy) is 4. The molecule has 15 heteroatoms. The number of hydrogen-bond acceptors (Lipinski definition) is 10. The van der Waals surface area contributed by atoms with Crippen molar-refractivity contribution in [2.45, 2.75) is 51.7 Å². The SMILES string of the molecule is CCCCN(CCCCO)c1ccc(/C=C/c2sc(/C=C/C3=C(C#N)C(=C(C#N)C#N)OC3(C)c3c(F)c(F)c(F)c(F)c3F)c3c2OCCO3)c(OCc2ccccc2)c1. The van der Waals surface area contributed by atoms with Gasteiger partial charge in [0, 0.05) is 42.6 Å². The van der Waals surface area contributed by atoms with Gasteiger partial charge in [0.2, 0.25) is 5.82 Å². The van der Waals surface area contributed by atoms with E-state index in [1.807, 2.05) is 54.6 Å². The van der Waals surface area contributed by atoms with Gasteiger partial charge in [-0.05, 0) is 62.1 Å². The summed E-state index contributed by atoms with van der Waals surface area (Å²) in [5.41, 5.74) is -3.00. The van der Waals surface area contributed by atoms with Gasteiger partial charge in [-0.3, -0.25) is 0 Å². The fraction of sp³-hybridized carbons (Fsp3) is 0.283. The maximum absolute atomic E-state index is 15.4. The monoisotopic (exact) mass is 854 g/mol. The lowest BCUT2D eigenvalue weighted by atomic mass is 9.85. The van der Waals surface area contributed by atoms with Gasteiger partial charge in [-0.2, -0.15) is 15.8 Å². The fourth-order valence-electron chi connectivity index (χ4n) is 6.93. The van der Waals surface area contributed by atoms with E-state index in [0.29, 0.717) is 40.0 Å². The molecule has 1 aromatic heterocycles. The number of fused-ring (bicyclic) bond motifs is 1. The predicted octanol–water partition coefficient (Wildman–Crippen LogP) is 10.4. The molecule has 0 fully saturated rings. The Morgan fingerprint density at radius 1 is 0.836 bits per heavy atom. The molecule has 0 aliphatic carbocycles. The number of aliphatic hydroxyl groups excluding tert-OH is 1. The second-order valence-electron chi connectivity index (χ2n) is 14.0. The molecule has 0 saturated carbocycles. The molecule has 2 aliphatic rings. The predicted molar refractivity (Wildman–Crippen MR) is 219 cm³/mol. The van der Waals surface area contributed by atoms with E-state index in [1.165, 1.54) is 23.5 Å². The van der Waals surface area contributed by atoms with Gasteiger partial charge >= 0.3 is 0 Å². The molecule has 6 rings (SSSR count). The van der Waals surface area contributed by atoms with Crippen LogP contribution in [0, 0.1) is 63.1 Å². The van der Waals surface area contributed by atoms with Gasteiger partial charge in [-0.25, -0.2) is 22.0 Å². The lowest BCUT2D eigenvalue weighted by molar-refractivity contribution is 0.0660. The summed E-state index contributed by atoms with van der Waals surface area (Å²) in [6, 6.07) is 20.5. The zero-order chi connectivity index (χ0) is 43.7. The second-order valence-corrected chi connectivity index (χ2v) is 15.1. The maximum atomic E-state index is 15.4. The van der Waals surface area contributed by atoms with Crippen molar-refractivity contribution in [2.24, 2.45) is 0 Å². The van der Waals surface area contributed by atoms with Gasteiger partial charge < -0.3 is 29.0 Å². The van der Waals surface area contributed by atoms with Crippen molar-refractivity contribution < 1.29 is 46.0 Å². The third-order valence-electron chi connectivity index (χ3n) is 10.0. The van der Waals surface area contributed by atoms with E-state index >= 15 is 8.78 Å². The number of anilines is 1. The quantitative estimate of drug-likeness (QED) is 0.0385. The molecule has 0 saturated heterocycles. The molecule has 0 amide bonds. The molecule has 3 aromatic carbocycles. The first-order valence-electron chi connectivity index (χ1n) is 19.4. The highest BCUT2D eigenvalue weighted by Gasteiger charge is 2.49. The lowest BCUT2D eigenvalue weighted by Gasteiger charge is -2.28. The minimum atomic E-state index is -2.58. The summed E-state index contributed by atoms with van der Waals surface area (Å²) in [7, 11) is 0. The minimum Gasteiger partial charge on any atom is -0.488 e. The Morgan fingerprint density at radius 3 is 2.07 bits per heavy atom. The fourth-order valence-corrected chi connectivity index (χ4v) is 7.92. The largest absolute Gasteiger partial charge is 0.488 e. The van der Waals surface area contributed by atoms with Gasteiger partial charge in [-0.15, -0.1) is 11.3 Å². The van der Waals surface area contributed by atoms with Crippen molar-refractivity contribution in [3.63, 3.8) is 0 Å². The van der Waals surface area contributed by atoms with Crippen LogP contribution in [-0.2, 0) is 16.9 Å². The van der Waals surface area contributed by atoms with Crippen molar-refractivity contribution in [3.8, 4) is 35.5 Å². The molecule has 0 bridgehead atoms. The number of unbranched alkanes of at least 4 members (excludes halogenated alkanes) is 2. The number of halogens is 5. The number of benzene rings is 3. The van der Waals surface area contributed by atoms with Crippen molar-refractivity contribution in [2.75, 3.05) is 37.8 Å². The molecule has 0 radical (unpaired) electrons. The molecule has 61 heavy (non-hydrogen) atoms. The summed E-state index contributed by atoms with van der Waals surface area (Å²) in [5.74, 6) is -10.7. The van der Waals surface area contributed by atoms with E-state index in [9.17, 15) is 34.1 Å². The van der Waals surface area contributed by atoms with Crippen LogP contribution in [0.25, 0.3) is 18.2 Å². The van der Waals surface area contributed by atoms with Crippen LogP contribution in [0.3, 0.4) is 0 Å². The first-order chi connectivity index (χ1) is 29.5. The molecule has 4 aromatic rings. The average molecular weight is 855 g/mol. The van der Waals surface area contributed by atoms with Crippen LogP contribution < -0.4 is 19.1 Å². The van der Waals surface area contributed by atoms with Gasteiger partial charge in [-0.1, -0.05) is 49.8 Å². The number of rotatable bonds is 16. The highest BCUT2D eigenvalue weighted by Crippen LogP contribution is 2.51. The summed E-state index contributed by atoms with van der Waals surface area (Å²) < 4.78 is 98.2. The van der Waals surface area contributed by atoms with Crippen molar-refractivity contribution in [1.29, 1.82) is 15.8 Å². The first-order valence-corrected chi connectivity index (χ1v) is 20.2. The Morgan fingerprint density at radius 2 is 1.46 bits per heavy atom. The highest BCUT2D eigenvalue weighted by atomic mass is 32.1. The van der Waals surface area contributed by atoms with E-state index in [4.69, 9.17) is 18.9 Å². The molecule has 2 aliphatic heterocycles. The van der Waals surface area contributed by atoms with E-state index < -0.39 is 62.7 Å². The molecular weight excluding hydrogens is 816 g/mol. The zero-order valence-corrected chi connectivity index (χ0v) is 34.0. The Labute approximate surface area is 353 Å². The summed E-state index contributed by atoms with van der Waals surface area (Å²) in [6.07, 6.45) is 9.76. The third kappa shape index (κ3) is 9.12. The van der Waals surface area contributed by atoms with E-state index in [1.54, 1.807) is 24.3 Å². The number of thiophene rings is 1. The first kappa shape index (κ1) is 44.0. The number of allylic oxidation sites excluding steroid dienone is 2. The summed E-state index contributed by atoms with van der Waals surface area (Å²) in [5, 5.41) is 38.8. The topological polar surface area (TPSA) is 132 Å². The molecule has 1 atom stereocenters. The normalized spacial score (nSPS) is 15.8. The van der Waals surface area contributed by atoms with Crippen molar-refractivity contribution >= 4 is 35.3 Å². The van der Waals surface area contributed by atoms with E-state index in [0.717, 1.165) is 56.1 Å². The Hall–Kier alpha value is -6.60. The summed E-state index contributed by atoms with van der Waals surface area (Å²) in [6.45, 7) is 5.50. The summed E-state index contributed by atoms with van der Waals surface area (Å²) >= 11 is 1.18. The molecule has 1 unspecified atom stereocenters. The number of nitriles is 3. The Bertz CT molecular complexity index is 2510. The third-order valence-corrected chi connectivity index (χ3v) is 11.1. The van der Waals surface area contributed by atoms with Crippen molar-refractivity contribution in [1.82, 2.24) is 0 Å². The molecule has 9 nitrogen and oxygen atoms in total. The molecule has 3 heterocycles. The molecule has 314 valence electrons. The van der Waals surface area contributed by atoms with E-state index in [2.05, 4.69) is 11.8 Å². The zero-order valence-electron chi connectivity index (χ0n) is 33.2. The number of aliphatic hydroxyl groups is 1. The molecular formula is C46H39F5N4O5S. The summed E-state index contributed by atoms with van der Waals surface area (Å²) in [4.78, 5) is 3.26. The van der Waals surface area contributed by atoms with Crippen molar-refractivity contribution in [3.05, 3.63) is 133 Å². The van der Waals surface area contributed by atoms with Crippen LogP contribution in [0.15, 0.2) is 77.1 Å².